The van der Waals surface area contributed by atoms with Gasteiger partial charge in [-0.1, -0.05) is 31.4 Å². The number of amides is 3. The molecule has 1 aliphatic rings. The molecule has 7 nitrogen and oxygen atoms in total. The first-order valence-electron chi connectivity index (χ1n) is 11.2. The number of thioether (sulfide) groups is 1. The van der Waals surface area contributed by atoms with E-state index >= 15 is 0 Å². The molecule has 3 amide bonds. The molecule has 1 fully saturated rings. The van der Waals surface area contributed by atoms with Crippen LogP contribution >= 0.6 is 11.8 Å². The Kier molecular flexibility index (Phi) is 9.18. The lowest BCUT2D eigenvalue weighted by Gasteiger charge is -2.21. The summed E-state index contributed by atoms with van der Waals surface area (Å²) in [6, 6.07) is 12.2. The number of hydrogen-bond acceptors (Lipinski definition) is 5. The van der Waals surface area contributed by atoms with E-state index < -0.39 is 0 Å². The molecule has 1 aliphatic carbocycles. The summed E-state index contributed by atoms with van der Waals surface area (Å²) in [6.07, 6.45) is 6.15. The molecule has 0 radical (unpaired) electrons. The lowest BCUT2D eigenvalue weighted by atomic mass is 9.89. The van der Waals surface area contributed by atoms with Crippen molar-refractivity contribution in [1.29, 1.82) is 0 Å². The van der Waals surface area contributed by atoms with Crippen LogP contribution in [0, 0.1) is 5.92 Å². The molecule has 3 N–H and O–H groups in total. The summed E-state index contributed by atoms with van der Waals surface area (Å²) in [5, 5.41) is 8.59. The third-order valence-corrected chi connectivity index (χ3v) is 6.64. The molecule has 33 heavy (non-hydrogen) atoms. The predicted octanol–water partition coefficient (Wildman–Crippen LogP) is 4.69. The van der Waals surface area contributed by atoms with Crippen molar-refractivity contribution in [1.82, 2.24) is 5.32 Å². The van der Waals surface area contributed by atoms with Gasteiger partial charge >= 0.3 is 0 Å². The number of nitrogens with one attached hydrogen (secondary N) is 3. The Morgan fingerprint density at radius 1 is 1.03 bits per heavy atom. The van der Waals surface area contributed by atoms with Crippen molar-refractivity contribution < 1.29 is 19.1 Å². The van der Waals surface area contributed by atoms with Crippen LogP contribution < -0.4 is 20.7 Å². The van der Waals surface area contributed by atoms with Gasteiger partial charge in [0.15, 0.2) is 0 Å². The zero-order valence-corrected chi connectivity index (χ0v) is 19.9. The van der Waals surface area contributed by atoms with Crippen molar-refractivity contribution in [3.05, 3.63) is 48.0 Å². The molecule has 0 bridgehead atoms. The van der Waals surface area contributed by atoms with E-state index in [1.54, 1.807) is 30.3 Å². The molecule has 3 rings (SSSR count). The smallest absolute Gasteiger partial charge is 0.256 e. The normalized spacial score (nSPS) is 13.8. The van der Waals surface area contributed by atoms with Gasteiger partial charge in [0.1, 0.15) is 5.75 Å². The zero-order chi connectivity index (χ0) is 23.6. The van der Waals surface area contributed by atoms with Crippen LogP contribution in [0.25, 0.3) is 0 Å². The van der Waals surface area contributed by atoms with E-state index in [4.69, 9.17) is 4.74 Å². The highest BCUT2D eigenvalue weighted by atomic mass is 32.2. The quantitative estimate of drug-likeness (QED) is 0.463. The highest BCUT2D eigenvalue weighted by Gasteiger charge is 2.17. The summed E-state index contributed by atoms with van der Waals surface area (Å²) in [5.74, 6) is 0.752. The summed E-state index contributed by atoms with van der Waals surface area (Å²) in [4.78, 5) is 37.5. The number of methoxy groups -OCH3 is 1. The van der Waals surface area contributed by atoms with Crippen LogP contribution in [0.4, 0.5) is 11.4 Å². The minimum Gasteiger partial charge on any atom is -0.495 e. The largest absolute Gasteiger partial charge is 0.495 e. The van der Waals surface area contributed by atoms with E-state index in [1.807, 2.05) is 12.1 Å². The molecule has 8 heteroatoms. The van der Waals surface area contributed by atoms with Crippen molar-refractivity contribution in [2.75, 3.05) is 30.0 Å². The van der Waals surface area contributed by atoms with E-state index in [-0.39, 0.29) is 23.5 Å². The van der Waals surface area contributed by atoms with Crippen LogP contribution in [0.3, 0.4) is 0 Å². The third-order valence-electron chi connectivity index (χ3n) is 5.57. The van der Waals surface area contributed by atoms with Gasteiger partial charge in [-0.25, -0.2) is 0 Å². The number of benzene rings is 2. The van der Waals surface area contributed by atoms with Gasteiger partial charge in [-0.2, -0.15) is 0 Å². The molecule has 0 unspecified atom stereocenters. The predicted molar refractivity (Wildman–Crippen MR) is 132 cm³/mol. The van der Waals surface area contributed by atoms with Gasteiger partial charge in [-0.3, -0.25) is 14.4 Å². The van der Waals surface area contributed by atoms with E-state index in [9.17, 15) is 14.4 Å². The molecule has 0 saturated heterocycles. The minimum absolute atomic E-state index is 0.0227. The van der Waals surface area contributed by atoms with Crippen LogP contribution in [-0.4, -0.2) is 37.1 Å². The van der Waals surface area contributed by atoms with Crippen molar-refractivity contribution in [2.45, 2.75) is 43.9 Å². The summed E-state index contributed by atoms with van der Waals surface area (Å²) in [7, 11) is 1.51. The number of carbonyl (C=O) groups excluding carboxylic acids is 3. The summed E-state index contributed by atoms with van der Waals surface area (Å²) in [5.41, 5.74) is 1.46. The molecular weight excluding hydrogens is 438 g/mol. The van der Waals surface area contributed by atoms with Gasteiger partial charge in [0.05, 0.1) is 24.1 Å². The monoisotopic (exact) mass is 469 g/mol. The van der Waals surface area contributed by atoms with Crippen LogP contribution in [0.5, 0.6) is 5.75 Å². The second-order valence-electron chi connectivity index (χ2n) is 8.14. The van der Waals surface area contributed by atoms with Crippen LogP contribution in [0.1, 0.15) is 49.4 Å². The summed E-state index contributed by atoms with van der Waals surface area (Å²) >= 11 is 1.34. The average molecular weight is 470 g/mol. The molecule has 2 aromatic carbocycles. The Balaban J connectivity index is 1.63. The Morgan fingerprint density at radius 3 is 2.52 bits per heavy atom. The van der Waals surface area contributed by atoms with E-state index in [1.165, 1.54) is 57.9 Å². The highest BCUT2D eigenvalue weighted by Crippen LogP contribution is 2.30. The third kappa shape index (κ3) is 7.53. The molecule has 0 aliphatic heterocycles. The summed E-state index contributed by atoms with van der Waals surface area (Å²) < 4.78 is 5.34. The first-order chi connectivity index (χ1) is 16.0. The molecule has 2 aromatic rings. The highest BCUT2D eigenvalue weighted by molar-refractivity contribution is 8.00. The van der Waals surface area contributed by atoms with Crippen molar-refractivity contribution in [2.24, 2.45) is 5.92 Å². The standard InChI is InChI=1S/C25H31N3O4S/c1-17(29)27-19-12-13-22(32-2)21(14-19)28-25(31)20-10-6-7-11-23(20)33-16-24(30)26-15-18-8-4-3-5-9-18/h6-7,10-14,18H,3-5,8-9,15-16H2,1-2H3,(H,26,30)(H,27,29)(H,28,31). The fraction of sp³-hybridized carbons (Fsp3) is 0.400. The van der Waals surface area contributed by atoms with Gasteiger partial charge in [0.25, 0.3) is 5.91 Å². The first kappa shape index (κ1) is 24.6. The van der Waals surface area contributed by atoms with E-state index in [0.29, 0.717) is 28.6 Å². The Labute approximate surface area is 199 Å². The fourth-order valence-corrected chi connectivity index (χ4v) is 4.78. The van der Waals surface area contributed by atoms with Gasteiger partial charge in [0.2, 0.25) is 11.8 Å². The summed E-state index contributed by atoms with van der Waals surface area (Å²) in [6.45, 7) is 2.15. The van der Waals surface area contributed by atoms with Gasteiger partial charge in [0, 0.05) is 24.1 Å². The Hall–Kier alpha value is -3.00. The maximum Gasteiger partial charge on any atom is 0.256 e. The molecular formula is C25H31N3O4S. The lowest BCUT2D eigenvalue weighted by molar-refractivity contribution is -0.118. The fourth-order valence-electron chi connectivity index (χ4n) is 3.90. The lowest BCUT2D eigenvalue weighted by Crippen LogP contribution is -2.31. The second-order valence-corrected chi connectivity index (χ2v) is 9.16. The molecule has 0 atom stereocenters. The van der Waals surface area contributed by atoms with Crippen molar-refractivity contribution >= 4 is 40.9 Å². The zero-order valence-electron chi connectivity index (χ0n) is 19.1. The molecule has 176 valence electrons. The number of ether oxygens (including phenoxy) is 1. The van der Waals surface area contributed by atoms with Crippen molar-refractivity contribution in [3.8, 4) is 5.75 Å². The number of carbonyl (C=O) groups is 3. The van der Waals surface area contributed by atoms with Crippen molar-refractivity contribution in [3.63, 3.8) is 0 Å². The number of anilines is 2. The average Bonchev–Trinajstić information content (AvgIpc) is 2.82. The van der Waals surface area contributed by atoms with Crippen LogP contribution in [0.15, 0.2) is 47.4 Å². The van der Waals surface area contributed by atoms with Crippen LogP contribution in [0.2, 0.25) is 0 Å². The SMILES string of the molecule is COc1ccc(NC(C)=O)cc1NC(=O)c1ccccc1SCC(=O)NCC1CCCCC1. The van der Waals surface area contributed by atoms with Gasteiger partial charge < -0.3 is 20.7 Å². The molecule has 0 aromatic heterocycles. The van der Waals surface area contributed by atoms with E-state index in [0.717, 1.165) is 11.4 Å². The Morgan fingerprint density at radius 2 is 1.79 bits per heavy atom. The number of rotatable bonds is 9. The van der Waals surface area contributed by atoms with E-state index in [2.05, 4.69) is 16.0 Å². The first-order valence-corrected chi connectivity index (χ1v) is 12.2. The maximum absolute atomic E-state index is 13.0. The second kappa shape index (κ2) is 12.3. The van der Waals surface area contributed by atoms with Gasteiger partial charge in [-0.05, 0) is 49.1 Å². The Bertz CT molecular complexity index is 989. The number of hydrogen-bond donors (Lipinski definition) is 3. The molecule has 1 saturated carbocycles. The minimum atomic E-state index is -0.320. The molecule has 0 spiro atoms. The molecule has 0 heterocycles. The van der Waals surface area contributed by atoms with Gasteiger partial charge in [-0.15, -0.1) is 11.8 Å². The van der Waals surface area contributed by atoms with Crippen LogP contribution in [-0.2, 0) is 9.59 Å². The maximum atomic E-state index is 13.0. The topological polar surface area (TPSA) is 96.5 Å².